The summed E-state index contributed by atoms with van der Waals surface area (Å²) in [7, 11) is 0. The molecule has 0 aliphatic rings. The molecule has 0 saturated carbocycles. The van der Waals surface area contributed by atoms with Gasteiger partial charge in [-0.2, -0.15) is 0 Å². The number of allylic oxidation sites excluding steroid dienone is 1. The summed E-state index contributed by atoms with van der Waals surface area (Å²) >= 11 is 0. The van der Waals surface area contributed by atoms with Crippen molar-refractivity contribution in [2.24, 2.45) is 5.92 Å². The Bertz CT molecular complexity index is 362. The van der Waals surface area contributed by atoms with Gasteiger partial charge >= 0.3 is 6.09 Å². The fraction of sp³-hybridized carbons (Fsp3) is 0.400. The summed E-state index contributed by atoms with van der Waals surface area (Å²) in [6.45, 7) is 6.57. The van der Waals surface area contributed by atoms with Crippen LogP contribution < -0.4 is 5.32 Å². The van der Waals surface area contributed by atoms with Gasteiger partial charge in [-0.15, -0.1) is 6.58 Å². The molecule has 0 unspecified atom stereocenters. The maximum absolute atomic E-state index is 11.2. The molecule has 0 spiro atoms. The number of hydrogen-bond donors (Lipinski definition) is 1. The first-order chi connectivity index (χ1) is 8.76. The predicted octanol–water partition coefficient (Wildman–Crippen LogP) is 3.17. The van der Waals surface area contributed by atoms with E-state index in [0.29, 0.717) is 19.1 Å². The van der Waals surface area contributed by atoms with Gasteiger partial charge in [0.2, 0.25) is 0 Å². The molecule has 0 heterocycles. The van der Waals surface area contributed by atoms with E-state index in [1.807, 2.05) is 24.3 Å². The molecule has 0 aliphatic carbocycles. The molecule has 1 aromatic carbocycles. The summed E-state index contributed by atoms with van der Waals surface area (Å²) in [6.07, 6.45) is 3.35. The van der Waals surface area contributed by atoms with Gasteiger partial charge in [0.05, 0.1) is 6.61 Å². The van der Waals surface area contributed by atoms with Crippen molar-refractivity contribution < 1.29 is 9.53 Å². The van der Waals surface area contributed by atoms with Gasteiger partial charge in [-0.25, -0.2) is 4.79 Å². The molecule has 0 radical (unpaired) electrons. The SMILES string of the molecule is C=CC[C@@H](CNC(=O)OCC)Cc1ccccc1. The molecule has 3 heteroatoms. The van der Waals surface area contributed by atoms with Crippen molar-refractivity contribution in [1.82, 2.24) is 5.32 Å². The highest BCUT2D eigenvalue weighted by molar-refractivity contribution is 5.67. The molecular weight excluding hydrogens is 226 g/mol. The van der Waals surface area contributed by atoms with Gasteiger partial charge in [0.25, 0.3) is 0 Å². The Labute approximate surface area is 109 Å². The molecule has 1 N–H and O–H groups in total. The minimum atomic E-state index is -0.348. The zero-order valence-corrected chi connectivity index (χ0v) is 10.9. The summed E-state index contributed by atoms with van der Waals surface area (Å²) < 4.78 is 4.84. The molecular formula is C15H21NO2. The summed E-state index contributed by atoms with van der Waals surface area (Å²) in [5.74, 6) is 0.356. The number of rotatable bonds is 7. The molecule has 18 heavy (non-hydrogen) atoms. The summed E-state index contributed by atoms with van der Waals surface area (Å²) in [4.78, 5) is 11.2. The Kier molecular flexibility index (Phi) is 6.62. The lowest BCUT2D eigenvalue weighted by molar-refractivity contribution is 0.150. The Morgan fingerprint density at radius 2 is 2.17 bits per heavy atom. The van der Waals surface area contributed by atoms with Crippen molar-refractivity contribution in [3.63, 3.8) is 0 Å². The molecule has 0 bridgehead atoms. The number of benzene rings is 1. The third-order valence-corrected chi connectivity index (χ3v) is 2.68. The lowest BCUT2D eigenvalue weighted by Crippen LogP contribution is -2.30. The minimum Gasteiger partial charge on any atom is -0.450 e. The summed E-state index contributed by atoms with van der Waals surface area (Å²) in [6, 6.07) is 10.3. The van der Waals surface area contributed by atoms with Crippen molar-refractivity contribution in [3.05, 3.63) is 48.6 Å². The number of carbonyl (C=O) groups excluding carboxylic acids is 1. The highest BCUT2D eigenvalue weighted by Crippen LogP contribution is 2.12. The highest BCUT2D eigenvalue weighted by atomic mass is 16.5. The van der Waals surface area contributed by atoms with E-state index < -0.39 is 0 Å². The topological polar surface area (TPSA) is 38.3 Å². The Morgan fingerprint density at radius 1 is 1.44 bits per heavy atom. The van der Waals surface area contributed by atoms with Crippen LogP contribution in [0.5, 0.6) is 0 Å². The average Bonchev–Trinajstić information content (AvgIpc) is 2.38. The van der Waals surface area contributed by atoms with E-state index >= 15 is 0 Å². The van der Waals surface area contributed by atoms with E-state index in [4.69, 9.17) is 4.74 Å². The van der Waals surface area contributed by atoms with E-state index in [2.05, 4.69) is 24.0 Å². The molecule has 0 aromatic heterocycles. The lowest BCUT2D eigenvalue weighted by Gasteiger charge is -2.15. The van der Waals surface area contributed by atoms with Crippen LogP contribution in [0.15, 0.2) is 43.0 Å². The van der Waals surface area contributed by atoms with Crippen LogP contribution in [0.4, 0.5) is 4.79 Å². The van der Waals surface area contributed by atoms with Crippen molar-refractivity contribution in [2.45, 2.75) is 19.8 Å². The standard InChI is InChI=1S/C15H21NO2/c1-3-8-14(12-16-15(17)18-4-2)11-13-9-6-5-7-10-13/h3,5-7,9-10,14H,1,4,8,11-12H2,2H3,(H,16,17)/t14-/m1/s1. The molecule has 0 aliphatic heterocycles. The Morgan fingerprint density at radius 3 is 2.78 bits per heavy atom. The first kappa shape index (κ1) is 14.3. The van der Waals surface area contributed by atoms with E-state index in [9.17, 15) is 4.79 Å². The van der Waals surface area contributed by atoms with Crippen LogP contribution in [-0.2, 0) is 11.2 Å². The smallest absolute Gasteiger partial charge is 0.407 e. The molecule has 1 amide bonds. The van der Waals surface area contributed by atoms with Crippen LogP contribution in [0.3, 0.4) is 0 Å². The number of carbonyl (C=O) groups is 1. The normalized spacial score (nSPS) is 11.6. The maximum Gasteiger partial charge on any atom is 0.407 e. The van der Waals surface area contributed by atoms with E-state index in [1.165, 1.54) is 5.56 Å². The summed E-state index contributed by atoms with van der Waals surface area (Å²) in [5.41, 5.74) is 1.27. The number of nitrogens with one attached hydrogen (secondary N) is 1. The van der Waals surface area contributed by atoms with Gasteiger partial charge in [-0.05, 0) is 31.2 Å². The molecule has 1 rings (SSSR count). The van der Waals surface area contributed by atoms with Gasteiger partial charge in [-0.3, -0.25) is 0 Å². The largest absolute Gasteiger partial charge is 0.450 e. The number of amides is 1. The fourth-order valence-corrected chi connectivity index (χ4v) is 1.83. The zero-order chi connectivity index (χ0) is 13.2. The van der Waals surface area contributed by atoms with Crippen LogP contribution in [-0.4, -0.2) is 19.2 Å². The third-order valence-electron chi connectivity index (χ3n) is 2.68. The quantitative estimate of drug-likeness (QED) is 0.752. The molecule has 1 aromatic rings. The second-order valence-corrected chi connectivity index (χ2v) is 4.18. The molecule has 0 fully saturated rings. The van der Waals surface area contributed by atoms with Gasteiger partial charge in [0.15, 0.2) is 0 Å². The second-order valence-electron chi connectivity index (χ2n) is 4.18. The van der Waals surface area contributed by atoms with Crippen LogP contribution in [0.25, 0.3) is 0 Å². The van der Waals surface area contributed by atoms with Crippen molar-refractivity contribution in [1.29, 1.82) is 0 Å². The maximum atomic E-state index is 11.2. The predicted molar refractivity (Wildman–Crippen MR) is 73.5 cm³/mol. The lowest BCUT2D eigenvalue weighted by atomic mass is 9.96. The van der Waals surface area contributed by atoms with Crippen LogP contribution in [0.2, 0.25) is 0 Å². The van der Waals surface area contributed by atoms with Crippen LogP contribution in [0, 0.1) is 5.92 Å². The molecule has 0 saturated heterocycles. The fourth-order valence-electron chi connectivity index (χ4n) is 1.83. The van der Waals surface area contributed by atoms with Gasteiger partial charge in [0, 0.05) is 6.54 Å². The Balaban J connectivity index is 2.44. The van der Waals surface area contributed by atoms with Gasteiger partial charge in [0.1, 0.15) is 0 Å². The van der Waals surface area contributed by atoms with Gasteiger partial charge < -0.3 is 10.1 Å². The van der Waals surface area contributed by atoms with Gasteiger partial charge in [-0.1, -0.05) is 36.4 Å². The highest BCUT2D eigenvalue weighted by Gasteiger charge is 2.10. The van der Waals surface area contributed by atoms with E-state index in [0.717, 1.165) is 12.8 Å². The number of ether oxygens (including phenoxy) is 1. The average molecular weight is 247 g/mol. The van der Waals surface area contributed by atoms with Crippen molar-refractivity contribution >= 4 is 6.09 Å². The van der Waals surface area contributed by atoms with Crippen molar-refractivity contribution in [2.75, 3.05) is 13.2 Å². The van der Waals surface area contributed by atoms with E-state index in [-0.39, 0.29) is 6.09 Å². The van der Waals surface area contributed by atoms with Crippen LogP contribution >= 0.6 is 0 Å². The molecule has 1 atom stereocenters. The van der Waals surface area contributed by atoms with Crippen molar-refractivity contribution in [3.8, 4) is 0 Å². The number of hydrogen-bond acceptors (Lipinski definition) is 2. The summed E-state index contributed by atoms with van der Waals surface area (Å²) in [5, 5.41) is 2.78. The first-order valence-corrected chi connectivity index (χ1v) is 6.31. The molecule has 3 nitrogen and oxygen atoms in total. The van der Waals surface area contributed by atoms with E-state index in [1.54, 1.807) is 6.92 Å². The van der Waals surface area contributed by atoms with Crippen LogP contribution in [0.1, 0.15) is 18.9 Å². The first-order valence-electron chi connectivity index (χ1n) is 6.31. The minimum absolute atomic E-state index is 0.348. The Hall–Kier alpha value is -1.77. The zero-order valence-electron chi connectivity index (χ0n) is 10.9. The molecule has 98 valence electrons. The monoisotopic (exact) mass is 247 g/mol. The second kappa shape index (κ2) is 8.34. The number of alkyl carbamates (subject to hydrolysis) is 1. The third kappa shape index (κ3) is 5.53.